The maximum Gasteiger partial charge on any atom is 0.0811 e. The standard InChI is InChI=1S/C19H28N2.C8H10.C6H9FS.2C2H6.2C2H4/c1-15-7-5-6-8-19(15)16(2)13-17(3)20-14-18-9-11-21(4)12-10-18;1-7-4-3-5-8(2)6-7;1-4-6(8-7)5(2)3;4*1-2/h5-8,13,18,20H,2,9-12,14H2,1,3-4H3;3-6H,1-2H3;4H,1H2,2-3H3;2*1-2H3;2*1-2H2/b17-13+;;;;;;. The first-order valence-electron chi connectivity index (χ1n) is 16.0. The molecule has 4 heteroatoms. The van der Waals surface area contributed by atoms with Crippen molar-refractivity contribution in [1.29, 1.82) is 0 Å². The van der Waals surface area contributed by atoms with Gasteiger partial charge in [-0.3, -0.25) is 0 Å². The average Bonchev–Trinajstić information content (AvgIpc) is 3.06. The molecule has 0 radical (unpaired) electrons. The molecule has 0 aliphatic carbocycles. The van der Waals surface area contributed by atoms with E-state index in [1.807, 2.05) is 41.5 Å². The zero-order valence-electron chi connectivity index (χ0n) is 30.9. The lowest BCUT2D eigenvalue weighted by atomic mass is 9.97. The molecule has 1 aliphatic heterocycles. The number of hydrogen-bond donors (Lipinski definition) is 1. The van der Waals surface area contributed by atoms with Crippen molar-refractivity contribution in [3.63, 3.8) is 0 Å². The minimum Gasteiger partial charge on any atom is -0.388 e. The molecule has 2 aromatic carbocycles. The highest BCUT2D eigenvalue weighted by molar-refractivity contribution is 7.98. The summed E-state index contributed by atoms with van der Waals surface area (Å²) < 4.78 is 11.7. The van der Waals surface area contributed by atoms with Gasteiger partial charge in [-0.25, -0.2) is 0 Å². The van der Waals surface area contributed by atoms with E-state index in [1.54, 1.807) is 0 Å². The Morgan fingerprint density at radius 3 is 1.73 bits per heavy atom. The Labute approximate surface area is 284 Å². The molecule has 45 heavy (non-hydrogen) atoms. The summed E-state index contributed by atoms with van der Waals surface area (Å²) in [6.45, 7) is 43.4. The van der Waals surface area contributed by atoms with Gasteiger partial charge in [0.05, 0.1) is 12.1 Å². The van der Waals surface area contributed by atoms with Crippen LogP contribution in [0.25, 0.3) is 5.57 Å². The van der Waals surface area contributed by atoms with E-state index in [-0.39, 0.29) is 12.1 Å². The third kappa shape index (κ3) is 25.9. The molecular formula is C41H67FN2S. The van der Waals surface area contributed by atoms with Gasteiger partial charge in [0.15, 0.2) is 0 Å². The van der Waals surface area contributed by atoms with E-state index < -0.39 is 0 Å². The Balaban J connectivity index is -0.000000290. The van der Waals surface area contributed by atoms with Crippen LogP contribution in [0.2, 0.25) is 0 Å². The van der Waals surface area contributed by atoms with Crippen molar-refractivity contribution in [3.8, 4) is 0 Å². The summed E-state index contributed by atoms with van der Waals surface area (Å²) in [7, 11) is 2.21. The minimum absolute atomic E-state index is 0.240. The summed E-state index contributed by atoms with van der Waals surface area (Å²) in [5.41, 5.74) is 8.45. The number of nitrogens with one attached hydrogen (secondary N) is 1. The molecular weight excluding hydrogens is 572 g/mol. The highest BCUT2D eigenvalue weighted by Crippen LogP contribution is 2.21. The molecule has 1 aliphatic rings. The lowest BCUT2D eigenvalue weighted by Gasteiger charge is -2.29. The maximum atomic E-state index is 11.7. The first kappa shape index (κ1) is 48.8. The average molecular weight is 639 g/mol. The van der Waals surface area contributed by atoms with E-state index in [0.717, 1.165) is 23.6 Å². The number of benzene rings is 2. The van der Waals surface area contributed by atoms with E-state index in [1.165, 1.54) is 60.0 Å². The highest BCUT2D eigenvalue weighted by atomic mass is 32.2. The lowest BCUT2D eigenvalue weighted by molar-refractivity contribution is 0.218. The van der Waals surface area contributed by atoms with Gasteiger partial charge in [0, 0.05) is 17.1 Å². The van der Waals surface area contributed by atoms with Crippen LogP contribution in [0.1, 0.15) is 83.6 Å². The van der Waals surface area contributed by atoms with Gasteiger partial charge in [-0.2, -0.15) is 3.89 Å². The summed E-state index contributed by atoms with van der Waals surface area (Å²) in [4.78, 5) is 3.03. The summed E-state index contributed by atoms with van der Waals surface area (Å²) in [6, 6.07) is 16.9. The quantitative estimate of drug-likeness (QED) is 0.240. The fraction of sp³-hybridized carbons (Fsp3) is 0.415. The predicted molar refractivity (Wildman–Crippen MR) is 211 cm³/mol. The topological polar surface area (TPSA) is 15.3 Å². The summed E-state index contributed by atoms with van der Waals surface area (Å²) in [5.74, 6) is 0.802. The third-order valence-corrected chi connectivity index (χ3v) is 7.07. The van der Waals surface area contributed by atoms with Crippen molar-refractivity contribution in [3.05, 3.63) is 139 Å². The number of hydrogen-bond acceptors (Lipinski definition) is 3. The number of aryl methyl sites for hydroxylation is 3. The number of halogens is 1. The summed E-state index contributed by atoms with van der Waals surface area (Å²) in [5, 5.41) is 3.57. The third-order valence-electron chi connectivity index (χ3n) is 6.32. The molecule has 1 heterocycles. The van der Waals surface area contributed by atoms with Crippen molar-refractivity contribution in [2.75, 3.05) is 26.7 Å². The van der Waals surface area contributed by atoms with E-state index in [9.17, 15) is 3.89 Å². The van der Waals surface area contributed by atoms with E-state index in [4.69, 9.17) is 0 Å². The minimum atomic E-state index is 0.240. The largest absolute Gasteiger partial charge is 0.388 e. The highest BCUT2D eigenvalue weighted by Gasteiger charge is 2.16. The van der Waals surface area contributed by atoms with Crippen LogP contribution in [-0.2, 0) is 0 Å². The van der Waals surface area contributed by atoms with Crippen LogP contribution in [0.5, 0.6) is 0 Å². The molecule has 254 valence electrons. The number of piperidine rings is 1. The molecule has 0 saturated carbocycles. The van der Waals surface area contributed by atoms with Crippen LogP contribution in [0, 0.1) is 26.7 Å². The van der Waals surface area contributed by atoms with Crippen LogP contribution in [-0.4, -0.2) is 31.6 Å². The zero-order chi connectivity index (χ0) is 35.8. The molecule has 2 nitrogen and oxygen atoms in total. The molecule has 0 bridgehead atoms. The zero-order valence-corrected chi connectivity index (χ0v) is 31.7. The van der Waals surface area contributed by atoms with Crippen LogP contribution in [0.3, 0.4) is 0 Å². The second-order valence-electron chi connectivity index (χ2n) is 10.1. The number of nitrogens with zero attached hydrogens (tertiary/aromatic N) is 1. The smallest absolute Gasteiger partial charge is 0.0811 e. The van der Waals surface area contributed by atoms with Gasteiger partial charge >= 0.3 is 0 Å². The molecule has 2 aromatic rings. The van der Waals surface area contributed by atoms with Gasteiger partial charge in [-0.05, 0) is 103 Å². The van der Waals surface area contributed by atoms with E-state index in [0.29, 0.717) is 4.91 Å². The lowest BCUT2D eigenvalue weighted by Crippen LogP contribution is -2.34. The van der Waals surface area contributed by atoms with Crippen LogP contribution < -0.4 is 5.32 Å². The van der Waals surface area contributed by atoms with Crippen molar-refractivity contribution < 1.29 is 3.89 Å². The predicted octanol–water partition coefficient (Wildman–Crippen LogP) is 12.9. The van der Waals surface area contributed by atoms with Gasteiger partial charge < -0.3 is 10.2 Å². The molecule has 0 atom stereocenters. The van der Waals surface area contributed by atoms with Gasteiger partial charge in [0.25, 0.3) is 0 Å². The molecule has 1 N–H and O–H groups in total. The molecule has 0 spiro atoms. The van der Waals surface area contributed by atoms with Crippen molar-refractivity contribution in [2.45, 2.75) is 82.1 Å². The second kappa shape index (κ2) is 33.8. The second-order valence-corrected chi connectivity index (χ2v) is 10.7. The van der Waals surface area contributed by atoms with Crippen molar-refractivity contribution in [2.24, 2.45) is 5.92 Å². The molecule has 1 saturated heterocycles. The SMILES string of the molecule is C=C.C=C.C=C(/C=C(\C)NCC1CCN(C)CC1)c1ccccc1C.C=CC(SF)=C(C)C.CC.CC.Cc1cccc(C)c1. The fourth-order valence-corrected chi connectivity index (χ4v) is 4.23. The van der Waals surface area contributed by atoms with Crippen LogP contribution in [0.4, 0.5) is 3.89 Å². The number of allylic oxidation sites excluding steroid dienone is 5. The summed E-state index contributed by atoms with van der Waals surface area (Å²) >= 11 is 0.240. The molecule has 0 amide bonds. The Hall–Kier alpha value is -3.08. The van der Waals surface area contributed by atoms with Crippen LogP contribution >= 0.6 is 12.1 Å². The number of likely N-dealkylation sites (tertiary alicyclic amines) is 1. The van der Waals surface area contributed by atoms with Crippen molar-refractivity contribution >= 4 is 17.7 Å². The van der Waals surface area contributed by atoms with E-state index in [2.05, 4.69) is 139 Å². The molecule has 1 fully saturated rings. The Morgan fingerprint density at radius 2 is 1.38 bits per heavy atom. The monoisotopic (exact) mass is 639 g/mol. The Morgan fingerprint density at radius 1 is 0.889 bits per heavy atom. The maximum absolute atomic E-state index is 11.7. The summed E-state index contributed by atoms with van der Waals surface area (Å²) in [6.07, 6.45) is 6.28. The molecule has 0 unspecified atom stereocenters. The molecule has 3 rings (SSSR count). The number of rotatable bonds is 7. The fourth-order valence-electron chi connectivity index (χ4n) is 4.01. The normalized spacial score (nSPS) is 11.9. The first-order valence-corrected chi connectivity index (χ1v) is 16.8. The van der Waals surface area contributed by atoms with Crippen molar-refractivity contribution in [1.82, 2.24) is 10.2 Å². The first-order chi connectivity index (χ1) is 21.6. The van der Waals surface area contributed by atoms with Crippen LogP contribution in [0.15, 0.2) is 116 Å². The van der Waals surface area contributed by atoms with Gasteiger partial charge in [0.2, 0.25) is 0 Å². The van der Waals surface area contributed by atoms with Gasteiger partial charge in [-0.15, -0.1) is 26.3 Å². The molecule has 0 aromatic heterocycles. The van der Waals surface area contributed by atoms with Gasteiger partial charge in [0.1, 0.15) is 0 Å². The Bertz CT molecular complexity index is 1060. The Kier molecular flexibility index (Phi) is 36.7. The van der Waals surface area contributed by atoms with E-state index >= 15 is 0 Å². The van der Waals surface area contributed by atoms with Gasteiger partial charge in [-0.1, -0.05) is 112 Å².